The number of hydrogen-bond donors (Lipinski definition) is 0. The van der Waals surface area contributed by atoms with E-state index in [1.807, 2.05) is 0 Å². The third-order valence-electron chi connectivity index (χ3n) is 2.24. The lowest BCUT2D eigenvalue weighted by Gasteiger charge is -2.20. The van der Waals surface area contributed by atoms with Gasteiger partial charge in [-0.2, -0.15) is 0 Å². The highest BCUT2D eigenvalue weighted by molar-refractivity contribution is 7.38. The average molecular weight is 160 g/mol. The maximum absolute atomic E-state index is 2.39. The Balaban J connectivity index is 3.56. The SMILES string of the molecule is CCPC(CC)C(C)CC. The topological polar surface area (TPSA) is 0 Å². The summed E-state index contributed by atoms with van der Waals surface area (Å²) < 4.78 is 0. The summed E-state index contributed by atoms with van der Waals surface area (Å²) in [5, 5.41) is 0. The van der Waals surface area contributed by atoms with E-state index in [2.05, 4.69) is 27.7 Å². The summed E-state index contributed by atoms with van der Waals surface area (Å²) in [4.78, 5) is 0. The number of rotatable bonds is 5. The quantitative estimate of drug-likeness (QED) is 0.540. The Labute approximate surface area is 67.6 Å². The molecule has 62 valence electrons. The minimum atomic E-state index is 0.947. The summed E-state index contributed by atoms with van der Waals surface area (Å²) in [6.07, 6.45) is 4.11. The predicted molar refractivity (Wildman–Crippen MR) is 52.4 cm³/mol. The van der Waals surface area contributed by atoms with E-state index in [9.17, 15) is 0 Å². The van der Waals surface area contributed by atoms with Crippen LogP contribution in [0.4, 0.5) is 0 Å². The molecule has 0 aliphatic rings. The zero-order chi connectivity index (χ0) is 7.98. The van der Waals surface area contributed by atoms with Crippen molar-refractivity contribution in [1.82, 2.24) is 0 Å². The molecule has 0 bridgehead atoms. The lowest BCUT2D eigenvalue weighted by Crippen LogP contribution is -2.10. The zero-order valence-electron chi connectivity index (χ0n) is 7.78. The molecule has 0 heterocycles. The van der Waals surface area contributed by atoms with Gasteiger partial charge in [-0.15, -0.1) is 8.58 Å². The van der Waals surface area contributed by atoms with Gasteiger partial charge in [-0.3, -0.25) is 0 Å². The predicted octanol–water partition coefficient (Wildman–Crippen LogP) is 3.51. The van der Waals surface area contributed by atoms with Crippen LogP contribution >= 0.6 is 8.58 Å². The molecule has 0 aromatic carbocycles. The van der Waals surface area contributed by atoms with Crippen molar-refractivity contribution in [3.8, 4) is 0 Å². The Morgan fingerprint density at radius 1 is 1.10 bits per heavy atom. The maximum Gasteiger partial charge on any atom is -0.0214 e. The second-order valence-corrected chi connectivity index (χ2v) is 4.81. The Hall–Kier alpha value is 0.430. The molecular weight excluding hydrogens is 139 g/mol. The molecule has 0 N–H and O–H groups in total. The Morgan fingerprint density at radius 3 is 2.00 bits per heavy atom. The van der Waals surface area contributed by atoms with E-state index >= 15 is 0 Å². The normalized spacial score (nSPS) is 18.0. The van der Waals surface area contributed by atoms with Gasteiger partial charge >= 0.3 is 0 Å². The van der Waals surface area contributed by atoms with Crippen molar-refractivity contribution in [2.24, 2.45) is 5.92 Å². The van der Waals surface area contributed by atoms with Gasteiger partial charge in [0.2, 0.25) is 0 Å². The van der Waals surface area contributed by atoms with Crippen molar-refractivity contribution in [2.45, 2.75) is 46.2 Å². The molecule has 0 saturated heterocycles. The highest BCUT2D eigenvalue weighted by Crippen LogP contribution is 2.29. The van der Waals surface area contributed by atoms with Gasteiger partial charge in [0, 0.05) is 0 Å². The second kappa shape index (κ2) is 6.16. The standard InChI is InChI=1S/C9H21P/c1-5-8(4)9(6-2)10-7-3/h8-10H,5-7H2,1-4H3. The van der Waals surface area contributed by atoms with Crippen LogP contribution in [0.15, 0.2) is 0 Å². The first-order valence-electron chi connectivity index (χ1n) is 4.49. The van der Waals surface area contributed by atoms with Gasteiger partial charge in [-0.25, -0.2) is 0 Å². The molecule has 0 aliphatic heterocycles. The summed E-state index contributed by atoms with van der Waals surface area (Å²) in [5.41, 5.74) is 1.01. The number of hydrogen-bond acceptors (Lipinski definition) is 0. The maximum atomic E-state index is 2.39. The van der Waals surface area contributed by atoms with Gasteiger partial charge in [0.25, 0.3) is 0 Å². The van der Waals surface area contributed by atoms with Gasteiger partial charge in [0.15, 0.2) is 0 Å². The van der Waals surface area contributed by atoms with E-state index in [1.165, 1.54) is 27.6 Å². The molecule has 0 aliphatic carbocycles. The van der Waals surface area contributed by atoms with Crippen LogP contribution in [-0.4, -0.2) is 11.8 Å². The summed E-state index contributed by atoms with van der Waals surface area (Å²) in [7, 11) is 1.19. The van der Waals surface area contributed by atoms with E-state index < -0.39 is 0 Å². The minimum Gasteiger partial charge on any atom is -0.119 e. The van der Waals surface area contributed by atoms with Crippen LogP contribution in [0.2, 0.25) is 0 Å². The van der Waals surface area contributed by atoms with Crippen LogP contribution in [0.1, 0.15) is 40.5 Å². The summed E-state index contributed by atoms with van der Waals surface area (Å²) >= 11 is 0. The third-order valence-corrected chi connectivity index (χ3v) is 4.15. The zero-order valence-corrected chi connectivity index (χ0v) is 8.78. The van der Waals surface area contributed by atoms with Crippen LogP contribution < -0.4 is 0 Å². The Morgan fingerprint density at radius 2 is 1.70 bits per heavy atom. The summed E-state index contributed by atoms with van der Waals surface area (Å²) in [6.45, 7) is 9.30. The lowest BCUT2D eigenvalue weighted by molar-refractivity contribution is 0.521. The monoisotopic (exact) mass is 160 g/mol. The first-order chi connectivity index (χ1) is 4.76. The van der Waals surface area contributed by atoms with Gasteiger partial charge in [0.05, 0.1) is 0 Å². The van der Waals surface area contributed by atoms with Crippen molar-refractivity contribution >= 4 is 8.58 Å². The molecule has 3 unspecified atom stereocenters. The van der Waals surface area contributed by atoms with Crippen LogP contribution in [0, 0.1) is 5.92 Å². The van der Waals surface area contributed by atoms with E-state index in [1.54, 1.807) is 0 Å². The molecule has 0 saturated carbocycles. The fourth-order valence-electron chi connectivity index (χ4n) is 1.29. The molecule has 0 amide bonds. The van der Waals surface area contributed by atoms with Crippen LogP contribution in [0.25, 0.3) is 0 Å². The molecule has 0 nitrogen and oxygen atoms in total. The van der Waals surface area contributed by atoms with Crippen LogP contribution in [0.5, 0.6) is 0 Å². The van der Waals surface area contributed by atoms with E-state index in [0.717, 1.165) is 11.6 Å². The minimum absolute atomic E-state index is 0.947. The molecular formula is C9H21P. The average Bonchev–Trinajstić information content (AvgIpc) is 1.99. The van der Waals surface area contributed by atoms with Gasteiger partial charge in [-0.1, -0.05) is 34.1 Å². The fourth-order valence-corrected chi connectivity index (χ4v) is 2.75. The van der Waals surface area contributed by atoms with Crippen molar-refractivity contribution in [3.05, 3.63) is 0 Å². The van der Waals surface area contributed by atoms with Gasteiger partial charge in [0.1, 0.15) is 0 Å². The highest BCUT2D eigenvalue weighted by Gasteiger charge is 2.11. The van der Waals surface area contributed by atoms with Crippen molar-refractivity contribution in [3.63, 3.8) is 0 Å². The molecule has 0 rings (SSSR count). The van der Waals surface area contributed by atoms with Crippen LogP contribution in [0.3, 0.4) is 0 Å². The largest absolute Gasteiger partial charge is 0.119 e. The second-order valence-electron chi connectivity index (χ2n) is 2.96. The highest BCUT2D eigenvalue weighted by atomic mass is 31.1. The molecule has 0 radical (unpaired) electrons. The van der Waals surface area contributed by atoms with Crippen molar-refractivity contribution in [1.29, 1.82) is 0 Å². The fraction of sp³-hybridized carbons (Fsp3) is 1.00. The van der Waals surface area contributed by atoms with Crippen molar-refractivity contribution in [2.75, 3.05) is 6.16 Å². The van der Waals surface area contributed by atoms with Gasteiger partial charge in [-0.05, 0) is 24.2 Å². The molecule has 3 atom stereocenters. The summed E-state index contributed by atoms with van der Waals surface area (Å²) in [5.74, 6) is 0.947. The van der Waals surface area contributed by atoms with Crippen LogP contribution in [-0.2, 0) is 0 Å². The van der Waals surface area contributed by atoms with E-state index in [-0.39, 0.29) is 0 Å². The molecule has 0 fully saturated rings. The smallest absolute Gasteiger partial charge is 0.0214 e. The first kappa shape index (κ1) is 10.4. The molecule has 1 heteroatoms. The molecule has 10 heavy (non-hydrogen) atoms. The molecule has 0 aromatic rings. The Kier molecular flexibility index (Phi) is 6.43. The van der Waals surface area contributed by atoms with Gasteiger partial charge < -0.3 is 0 Å². The van der Waals surface area contributed by atoms with E-state index in [4.69, 9.17) is 0 Å². The first-order valence-corrected chi connectivity index (χ1v) is 5.78. The molecule has 0 aromatic heterocycles. The Bertz CT molecular complexity index is 71.1. The van der Waals surface area contributed by atoms with E-state index in [0.29, 0.717) is 0 Å². The molecule has 0 spiro atoms. The lowest BCUT2D eigenvalue weighted by atomic mass is 10.0. The van der Waals surface area contributed by atoms with Crippen molar-refractivity contribution < 1.29 is 0 Å². The third kappa shape index (κ3) is 3.56. The summed E-state index contributed by atoms with van der Waals surface area (Å²) in [6, 6.07) is 0.